The van der Waals surface area contributed by atoms with E-state index in [4.69, 9.17) is 0 Å². The highest BCUT2D eigenvalue weighted by Gasteiger charge is 2.09. The maximum Gasteiger partial charge on any atom is 0.0218 e. The molecule has 0 aromatic carbocycles. The summed E-state index contributed by atoms with van der Waals surface area (Å²) in [7, 11) is 10.3. The molecule has 46 valence electrons. The summed E-state index contributed by atoms with van der Waals surface area (Å²) in [5, 5.41) is 3.66. The molecule has 0 saturated heterocycles. The third-order valence-corrected chi connectivity index (χ3v) is 18.8. The van der Waals surface area contributed by atoms with Crippen molar-refractivity contribution < 1.29 is 0 Å². The first kappa shape index (κ1) is 7.86. The molecule has 1 aromatic rings. The Morgan fingerprint density at radius 1 is 0.889 bits per heavy atom. The maximum absolute atomic E-state index is 1.83. The Hall–Kier alpha value is 2.23. The summed E-state index contributed by atoms with van der Waals surface area (Å²) >= 11 is 0. The van der Waals surface area contributed by atoms with Gasteiger partial charge in [-0.15, -0.1) is 0 Å². The van der Waals surface area contributed by atoms with E-state index in [0.29, 0.717) is 0 Å². The number of rotatable bonds is 0. The Bertz CT molecular complexity index is 197. The molecule has 0 bridgehead atoms. The molecule has 0 N–H and O–H groups in total. The third kappa shape index (κ3) is 1.87. The van der Waals surface area contributed by atoms with Gasteiger partial charge in [0, 0.05) is 10.1 Å². The van der Waals surface area contributed by atoms with Crippen molar-refractivity contribution in [2.24, 2.45) is 0 Å². The van der Waals surface area contributed by atoms with E-state index in [2.05, 4.69) is 0 Å². The predicted octanol–water partition coefficient (Wildman–Crippen LogP) is 4.14. The van der Waals surface area contributed by atoms with E-state index in [1.54, 1.807) is 30.8 Å². The molecule has 7 heteroatoms. The zero-order valence-corrected chi connectivity index (χ0v) is 10.9. The van der Waals surface area contributed by atoms with Crippen LogP contribution in [0.25, 0.3) is 0 Å². The van der Waals surface area contributed by atoms with Crippen LogP contribution in [0.3, 0.4) is 0 Å². The molecule has 9 heavy (non-hydrogen) atoms. The fourth-order valence-electron chi connectivity index (χ4n) is 0.542. The summed E-state index contributed by atoms with van der Waals surface area (Å²) in [6, 6.07) is 0. The van der Waals surface area contributed by atoms with Crippen molar-refractivity contribution in [1.82, 2.24) is 0 Å². The summed E-state index contributed by atoms with van der Waals surface area (Å²) in [5.41, 5.74) is 0. The molecule has 1 aliphatic heterocycles. The van der Waals surface area contributed by atoms with E-state index in [1.165, 1.54) is 24.5 Å². The van der Waals surface area contributed by atoms with Crippen LogP contribution in [-0.4, -0.2) is 0 Å². The van der Waals surface area contributed by atoms with Crippen molar-refractivity contribution in [3.8, 4) is 0 Å². The first-order valence-electron chi connectivity index (χ1n) is 2.30. The van der Waals surface area contributed by atoms with E-state index < -0.39 is 0 Å². The maximum atomic E-state index is 1.83. The van der Waals surface area contributed by atoms with Crippen molar-refractivity contribution in [1.29, 1.82) is 0 Å². The predicted molar refractivity (Wildman–Crippen MR) is 60.7 cm³/mol. The van der Waals surface area contributed by atoms with Crippen LogP contribution in [0.5, 0.6) is 0 Å². The van der Waals surface area contributed by atoms with Gasteiger partial charge in [0.2, 0.25) is 0 Å². The Morgan fingerprint density at radius 3 is 2.00 bits per heavy atom. The Kier molecular flexibility index (Phi) is 3.28. The number of hydrogen-bond acceptors (Lipinski definition) is 0. The molecule has 2 atom stereocenters. The smallest absolute Gasteiger partial charge is 0.0218 e. The standard InChI is InChI=1S/C2H3P7/c3-1-2(4-7-3)6-9-8-5-1/h3-4,7H. The van der Waals surface area contributed by atoms with Crippen molar-refractivity contribution in [3.63, 3.8) is 0 Å². The van der Waals surface area contributed by atoms with Gasteiger partial charge in [-0.1, -0.05) is 24.5 Å². The lowest BCUT2D eigenvalue weighted by Crippen LogP contribution is -1.98. The van der Waals surface area contributed by atoms with Gasteiger partial charge in [-0.25, -0.2) is 0 Å². The molecule has 2 heterocycles. The van der Waals surface area contributed by atoms with Crippen LogP contribution in [0, 0.1) is 0 Å². The number of fused-ring (bicyclic) bond motifs is 1. The van der Waals surface area contributed by atoms with Crippen molar-refractivity contribution in [2.75, 3.05) is 0 Å². The van der Waals surface area contributed by atoms with Gasteiger partial charge < -0.3 is 0 Å². The molecule has 1 aliphatic rings. The molecular formula is C2H3P7. The zero-order chi connectivity index (χ0) is 6.10. The van der Waals surface area contributed by atoms with Gasteiger partial charge in [-0.2, -0.15) is 0 Å². The highest BCUT2D eigenvalue weighted by molar-refractivity contribution is 8.53. The first-order chi connectivity index (χ1) is 4.47. The van der Waals surface area contributed by atoms with Crippen LogP contribution < -0.4 is 10.1 Å². The van der Waals surface area contributed by atoms with Gasteiger partial charge in [-0.05, 0) is 30.8 Å². The molecule has 0 spiro atoms. The molecule has 0 aliphatic carbocycles. The topological polar surface area (TPSA) is 0 Å². The molecule has 0 fully saturated rings. The Morgan fingerprint density at radius 2 is 1.44 bits per heavy atom. The van der Waals surface area contributed by atoms with Crippen molar-refractivity contribution in [3.05, 3.63) is 0 Å². The third-order valence-electron chi connectivity index (χ3n) is 0.916. The summed E-state index contributed by atoms with van der Waals surface area (Å²) in [6.45, 7) is 0. The van der Waals surface area contributed by atoms with Gasteiger partial charge >= 0.3 is 0 Å². The molecule has 0 saturated carbocycles. The molecular weight excluding hydrogens is 241 g/mol. The Balaban J connectivity index is 2.54. The van der Waals surface area contributed by atoms with Crippen LogP contribution >= 0.6 is 55.3 Å². The highest BCUT2D eigenvalue weighted by atomic mass is 32.4. The van der Waals surface area contributed by atoms with Crippen LogP contribution in [0.1, 0.15) is 0 Å². The van der Waals surface area contributed by atoms with E-state index in [0.717, 1.165) is 0 Å². The minimum atomic E-state index is 1.23. The first-order valence-corrected chi connectivity index (χ1v) is 13.0. The van der Waals surface area contributed by atoms with Crippen LogP contribution in [0.4, 0.5) is 0 Å². The lowest BCUT2D eigenvalue weighted by Gasteiger charge is -1.88. The quantitative estimate of drug-likeness (QED) is 0.601. The zero-order valence-electron chi connectivity index (χ0n) is 4.29. The average Bonchev–Trinajstić information content (AvgIpc) is 2.33. The second kappa shape index (κ2) is 3.76. The second-order valence-electron chi connectivity index (χ2n) is 1.45. The number of hydrogen-bond donors (Lipinski definition) is 0. The highest BCUT2D eigenvalue weighted by Crippen LogP contribution is 2.61. The van der Waals surface area contributed by atoms with Gasteiger partial charge in [0.05, 0.1) is 0 Å². The molecule has 2 rings (SSSR count). The van der Waals surface area contributed by atoms with Gasteiger partial charge in [-0.3, -0.25) is 0 Å². The van der Waals surface area contributed by atoms with Crippen LogP contribution in [0.2, 0.25) is 0 Å². The van der Waals surface area contributed by atoms with E-state index >= 15 is 0 Å². The van der Waals surface area contributed by atoms with Crippen LogP contribution in [0.15, 0.2) is 0 Å². The fraction of sp³-hybridized carbons (Fsp3) is 0. The Labute approximate surface area is 65.6 Å². The summed E-state index contributed by atoms with van der Waals surface area (Å²) < 4.78 is 0. The molecule has 1 aromatic heterocycles. The fourth-order valence-corrected chi connectivity index (χ4v) is 24.9. The summed E-state index contributed by atoms with van der Waals surface area (Å²) in [5.74, 6) is 0. The monoisotopic (exact) mass is 244 g/mol. The molecule has 0 amide bonds. The second-order valence-corrected chi connectivity index (χ2v) is 15.7. The van der Waals surface area contributed by atoms with E-state index in [9.17, 15) is 0 Å². The van der Waals surface area contributed by atoms with E-state index in [-0.39, 0.29) is 0 Å². The molecule has 0 radical (unpaired) electrons. The summed E-state index contributed by atoms with van der Waals surface area (Å²) in [4.78, 5) is 0. The lowest BCUT2D eigenvalue weighted by atomic mass is 11.1. The minimum Gasteiger partial charge on any atom is -0.0668 e. The van der Waals surface area contributed by atoms with Crippen LogP contribution in [-0.2, 0) is 0 Å². The normalized spacial score (nSPS) is 27.1. The van der Waals surface area contributed by atoms with Crippen molar-refractivity contribution in [2.45, 2.75) is 0 Å². The average molecular weight is 244 g/mol. The molecule has 2 unspecified atom stereocenters. The summed E-state index contributed by atoms with van der Waals surface area (Å²) in [6.07, 6.45) is 0. The van der Waals surface area contributed by atoms with Crippen molar-refractivity contribution >= 4 is 65.4 Å². The van der Waals surface area contributed by atoms with E-state index in [1.807, 2.05) is 10.1 Å². The van der Waals surface area contributed by atoms with Gasteiger partial charge in [0.15, 0.2) is 0 Å². The van der Waals surface area contributed by atoms with Gasteiger partial charge in [0.25, 0.3) is 0 Å². The SMILES string of the molecule is p1ppc2c(p1)PPP2. The lowest BCUT2D eigenvalue weighted by molar-refractivity contribution is 2.81. The largest absolute Gasteiger partial charge is 0.0668 e. The molecule has 0 nitrogen and oxygen atoms in total. The van der Waals surface area contributed by atoms with Gasteiger partial charge in [0.1, 0.15) is 0 Å². The minimum absolute atomic E-state index is 1.23.